The van der Waals surface area contributed by atoms with Crippen molar-refractivity contribution in [1.82, 2.24) is 0 Å². The number of carboxylic acid groups (broad SMARTS) is 1. The summed E-state index contributed by atoms with van der Waals surface area (Å²) in [4.78, 5) is 10.7. The number of carboxylic acids is 1. The molecule has 0 amide bonds. The number of hydrogen-bond acceptors (Lipinski definition) is 4. The second-order valence-electron chi connectivity index (χ2n) is 5.96. The molecule has 2 aromatic carbocycles. The van der Waals surface area contributed by atoms with Gasteiger partial charge in [0.25, 0.3) is 0 Å². The Labute approximate surface area is 168 Å². The van der Waals surface area contributed by atoms with Crippen LogP contribution in [0.15, 0.2) is 42.5 Å². The number of ether oxygens (including phenoxy) is 1. The first-order valence-electron chi connectivity index (χ1n) is 8.15. The lowest BCUT2D eigenvalue weighted by atomic mass is 9.95. The fourth-order valence-corrected chi connectivity index (χ4v) is 2.32. The maximum atomic E-state index is 13.6. The summed E-state index contributed by atoms with van der Waals surface area (Å²) in [5.74, 6) is -2.07. The monoisotopic (exact) mass is 412 g/mol. The van der Waals surface area contributed by atoms with Gasteiger partial charge in [0, 0.05) is 25.5 Å². The Morgan fingerprint density at radius 1 is 1.07 bits per heavy atom. The van der Waals surface area contributed by atoms with E-state index in [1.807, 2.05) is 6.92 Å². The lowest BCUT2D eigenvalue weighted by Gasteiger charge is -2.10. The molecule has 0 saturated heterocycles. The van der Waals surface area contributed by atoms with E-state index >= 15 is 0 Å². The molecule has 0 saturated carbocycles. The quantitative estimate of drug-likeness (QED) is 0.448. The van der Waals surface area contributed by atoms with Gasteiger partial charge in [-0.25, -0.2) is 8.78 Å². The van der Waals surface area contributed by atoms with Gasteiger partial charge in [0.1, 0.15) is 11.6 Å². The van der Waals surface area contributed by atoms with Crippen molar-refractivity contribution in [2.45, 2.75) is 33.1 Å². The van der Waals surface area contributed by atoms with Crippen molar-refractivity contribution in [3.8, 4) is 11.1 Å². The number of carbonyl (C=O) groups is 1. The van der Waals surface area contributed by atoms with E-state index in [4.69, 9.17) is 15.9 Å². The van der Waals surface area contributed by atoms with Crippen LogP contribution in [0.3, 0.4) is 0 Å². The highest BCUT2D eigenvalue weighted by Crippen LogP contribution is 2.26. The van der Waals surface area contributed by atoms with Crippen molar-refractivity contribution in [3.05, 3.63) is 59.7 Å². The summed E-state index contributed by atoms with van der Waals surface area (Å²) in [7, 11) is 0. The van der Waals surface area contributed by atoms with Gasteiger partial charge in [-0.15, -0.1) is 12.4 Å². The minimum absolute atomic E-state index is 0. The molecule has 3 N–H and O–H groups in total. The van der Waals surface area contributed by atoms with Crippen molar-refractivity contribution < 1.29 is 23.4 Å². The highest BCUT2D eigenvalue weighted by atomic mass is 35.5. The molecular formula is C20H23ClF2N2O3. The Bertz CT molecular complexity index is 815. The largest absolute Gasteiger partial charge is 0.481 e. The molecule has 1 atom stereocenters. The van der Waals surface area contributed by atoms with Gasteiger partial charge in [-0.05, 0) is 29.2 Å². The molecule has 0 bridgehead atoms. The predicted molar refractivity (Wildman–Crippen MR) is 108 cm³/mol. The van der Waals surface area contributed by atoms with Gasteiger partial charge in [-0.3, -0.25) is 15.6 Å². The maximum Gasteiger partial charge on any atom is 0.303 e. The van der Waals surface area contributed by atoms with E-state index in [1.54, 1.807) is 24.3 Å². The molecule has 0 radical (unpaired) electrons. The minimum Gasteiger partial charge on any atom is -0.481 e. The van der Waals surface area contributed by atoms with Crippen molar-refractivity contribution in [2.75, 3.05) is 0 Å². The van der Waals surface area contributed by atoms with Gasteiger partial charge in [0.05, 0.1) is 6.42 Å². The fourth-order valence-electron chi connectivity index (χ4n) is 2.32. The summed E-state index contributed by atoms with van der Waals surface area (Å²) in [6.45, 7) is 4.79. The van der Waals surface area contributed by atoms with Crippen molar-refractivity contribution in [3.63, 3.8) is 0 Å². The zero-order chi connectivity index (χ0) is 20.6. The topological polar surface area (TPSA) is 94.2 Å². The number of nitrogens with one attached hydrogen (secondary N) is 2. The molecule has 0 fully saturated rings. The summed E-state index contributed by atoms with van der Waals surface area (Å²) < 4.78 is 30.9. The smallest absolute Gasteiger partial charge is 0.303 e. The van der Waals surface area contributed by atoms with Crippen LogP contribution in [0.25, 0.3) is 11.1 Å². The van der Waals surface area contributed by atoms with Crippen LogP contribution in [0.5, 0.6) is 0 Å². The van der Waals surface area contributed by atoms with Crippen molar-refractivity contribution >= 4 is 30.2 Å². The van der Waals surface area contributed by atoms with E-state index in [9.17, 15) is 13.6 Å². The summed E-state index contributed by atoms with van der Waals surface area (Å²) in [6, 6.07) is 10.4. The van der Waals surface area contributed by atoms with Crippen LogP contribution in [-0.4, -0.2) is 22.9 Å². The summed E-state index contributed by atoms with van der Waals surface area (Å²) in [5.41, 5.74) is 1.83. The Kier molecular flexibility index (Phi) is 10.6. The average molecular weight is 413 g/mol. The number of hydrogen-bond donors (Lipinski definition) is 3. The summed E-state index contributed by atoms with van der Waals surface area (Å²) >= 11 is 0. The standard InChI is InChI=1S/C16H14F2O2.C4H8N2O.ClH/c1-10(8-16(19)20)11-2-4-12(5-3-11)14-7-6-13(17)9-15(14)18;1-3(5)7-4(2)6;/h2-7,9-10H,8H2,1H3,(H,19,20);5-6H,1-2H3;1H. The van der Waals surface area contributed by atoms with Gasteiger partial charge in [0.2, 0.25) is 0 Å². The summed E-state index contributed by atoms with van der Waals surface area (Å²) in [6.07, 6.45) is 0.0459. The second-order valence-corrected chi connectivity index (χ2v) is 5.96. The zero-order valence-corrected chi connectivity index (χ0v) is 16.6. The molecule has 2 rings (SSSR count). The van der Waals surface area contributed by atoms with E-state index in [1.165, 1.54) is 26.0 Å². The first-order chi connectivity index (χ1) is 12.6. The lowest BCUT2D eigenvalue weighted by Crippen LogP contribution is -2.02. The predicted octanol–water partition coefficient (Wildman–Crippen LogP) is 5.63. The normalized spacial score (nSPS) is 10.6. The van der Waals surface area contributed by atoms with E-state index in [0.29, 0.717) is 11.1 Å². The molecule has 2 aromatic rings. The molecule has 0 aromatic heterocycles. The second kappa shape index (κ2) is 11.8. The molecule has 0 aliphatic heterocycles. The van der Waals surface area contributed by atoms with Gasteiger partial charge >= 0.3 is 5.97 Å². The van der Waals surface area contributed by atoms with Gasteiger partial charge in [-0.2, -0.15) is 0 Å². The zero-order valence-electron chi connectivity index (χ0n) is 15.8. The maximum absolute atomic E-state index is 13.6. The van der Waals surface area contributed by atoms with Crippen LogP contribution in [0.2, 0.25) is 0 Å². The SMILES string of the molecule is CC(=N)OC(C)=N.CC(CC(=O)O)c1ccc(-c2ccc(F)cc2F)cc1.Cl. The fraction of sp³-hybridized carbons (Fsp3) is 0.250. The highest BCUT2D eigenvalue weighted by Gasteiger charge is 2.11. The van der Waals surface area contributed by atoms with E-state index < -0.39 is 17.6 Å². The van der Waals surface area contributed by atoms with Crippen LogP contribution in [0.1, 0.15) is 38.7 Å². The third-order valence-electron chi connectivity index (χ3n) is 3.51. The Balaban J connectivity index is 0.000000786. The van der Waals surface area contributed by atoms with Crippen LogP contribution in [-0.2, 0) is 9.53 Å². The highest BCUT2D eigenvalue weighted by molar-refractivity contribution is 5.85. The third-order valence-corrected chi connectivity index (χ3v) is 3.51. The molecular weight excluding hydrogens is 390 g/mol. The Morgan fingerprint density at radius 2 is 1.61 bits per heavy atom. The molecule has 152 valence electrons. The lowest BCUT2D eigenvalue weighted by molar-refractivity contribution is -0.137. The van der Waals surface area contributed by atoms with Crippen molar-refractivity contribution in [1.29, 1.82) is 10.8 Å². The third kappa shape index (κ3) is 8.73. The molecule has 0 aliphatic carbocycles. The van der Waals surface area contributed by atoms with Crippen LogP contribution < -0.4 is 0 Å². The molecule has 1 unspecified atom stereocenters. The van der Waals surface area contributed by atoms with E-state index in [2.05, 4.69) is 4.74 Å². The average Bonchev–Trinajstić information content (AvgIpc) is 2.53. The van der Waals surface area contributed by atoms with Crippen LogP contribution in [0, 0.1) is 22.5 Å². The van der Waals surface area contributed by atoms with Crippen LogP contribution in [0.4, 0.5) is 8.78 Å². The molecule has 5 nitrogen and oxygen atoms in total. The van der Waals surface area contributed by atoms with E-state index in [0.717, 1.165) is 11.6 Å². The molecule has 28 heavy (non-hydrogen) atoms. The molecule has 0 heterocycles. The van der Waals surface area contributed by atoms with Crippen molar-refractivity contribution in [2.24, 2.45) is 0 Å². The number of rotatable bonds is 4. The number of benzene rings is 2. The first kappa shape index (κ1) is 25.2. The summed E-state index contributed by atoms with van der Waals surface area (Å²) in [5, 5.41) is 22.1. The number of halogens is 3. The molecule has 0 aliphatic rings. The van der Waals surface area contributed by atoms with Crippen LogP contribution >= 0.6 is 12.4 Å². The Hall–Kier alpha value is -2.80. The van der Waals surface area contributed by atoms with Gasteiger partial charge < -0.3 is 9.84 Å². The Morgan fingerprint density at radius 3 is 2.00 bits per heavy atom. The molecule has 0 spiro atoms. The van der Waals surface area contributed by atoms with Gasteiger partial charge in [-0.1, -0.05) is 31.2 Å². The van der Waals surface area contributed by atoms with E-state index in [-0.39, 0.29) is 36.5 Å². The molecule has 8 heteroatoms. The van der Waals surface area contributed by atoms with Gasteiger partial charge in [0.15, 0.2) is 11.8 Å². The minimum atomic E-state index is -0.855. The first-order valence-corrected chi connectivity index (χ1v) is 8.15. The number of aliphatic carboxylic acids is 1.